The molecule has 0 saturated carbocycles. The van der Waals surface area contributed by atoms with E-state index in [9.17, 15) is 0 Å². The van der Waals surface area contributed by atoms with Gasteiger partial charge in [-0.2, -0.15) is 0 Å². The minimum Gasteiger partial charge on any atom is -0.385 e. The van der Waals surface area contributed by atoms with Crippen molar-refractivity contribution in [3.05, 3.63) is 0 Å². The Morgan fingerprint density at radius 1 is 1.00 bits per heavy atom. The summed E-state index contributed by atoms with van der Waals surface area (Å²) < 4.78 is 5.02. The van der Waals surface area contributed by atoms with E-state index in [4.69, 9.17) is 4.74 Å². The molecular weight excluding hydrogens is 136 g/mol. The lowest BCUT2D eigenvalue weighted by atomic mass is 9.97. The first-order chi connectivity index (χ1) is 5.16. The normalized spacial score (nSPS) is 13.9. The molecule has 68 valence electrons. The number of rotatable bonds is 6. The van der Waals surface area contributed by atoms with Crippen LogP contribution >= 0.6 is 0 Å². The molecule has 1 nitrogen and oxygen atoms in total. The lowest BCUT2D eigenvalue weighted by Gasteiger charge is -2.11. The van der Waals surface area contributed by atoms with Gasteiger partial charge in [0.2, 0.25) is 0 Å². The highest BCUT2D eigenvalue weighted by molar-refractivity contribution is 4.54. The van der Waals surface area contributed by atoms with Gasteiger partial charge in [-0.1, -0.05) is 33.6 Å². The average Bonchev–Trinajstić information content (AvgIpc) is 1.97. The van der Waals surface area contributed by atoms with Crippen LogP contribution in [-0.4, -0.2) is 13.7 Å². The van der Waals surface area contributed by atoms with Crippen molar-refractivity contribution in [1.82, 2.24) is 0 Å². The second-order valence-electron chi connectivity index (χ2n) is 3.86. The van der Waals surface area contributed by atoms with Crippen LogP contribution in [0, 0.1) is 11.8 Å². The molecule has 0 rings (SSSR count). The first-order valence-electron chi connectivity index (χ1n) is 4.65. The van der Waals surface area contributed by atoms with Crippen molar-refractivity contribution in [3.63, 3.8) is 0 Å². The monoisotopic (exact) mass is 158 g/mol. The maximum absolute atomic E-state index is 5.02. The largest absolute Gasteiger partial charge is 0.385 e. The smallest absolute Gasteiger partial charge is 0.0464 e. The Morgan fingerprint density at radius 3 is 2.09 bits per heavy atom. The number of hydrogen-bond donors (Lipinski definition) is 0. The van der Waals surface area contributed by atoms with E-state index in [-0.39, 0.29) is 0 Å². The van der Waals surface area contributed by atoms with Crippen molar-refractivity contribution in [3.8, 4) is 0 Å². The van der Waals surface area contributed by atoms with Gasteiger partial charge in [0, 0.05) is 13.7 Å². The third-order valence-electron chi connectivity index (χ3n) is 2.05. The molecule has 0 aromatic heterocycles. The highest BCUT2D eigenvalue weighted by atomic mass is 16.5. The van der Waals surface area contributed by atoms with Gasteiger partial charge in [0.15, 0.2) is 0 Å². The lowest BCUT2D eigenvalue weighted by Crippen LogP contribution is -2.01. The summed E-state index contributed by atoms with van der Waals surface area (Å²) in [5.74, 6) is 1.68. The molecule has 0 radical (unpaired) electrons. The molecule has 1 unspecified atom stereocenters. The van der Waals surface area contributed by atoms with Gasteiger partial charge in [-0.25, -0.2) is 0 Å². The van der Waals surface area contributed by atoms with Gasteiger partial charge in [0.25, 0.3) is 0 Å². The number of ether oxygens (including phenoxy) is 1. The summed E-state index contributed by atoms with van der Waals surface area (Å²) >= 11 is 0. The van der Waals surface area contributed by atoms with E-state index in [1.165, 1.54) is 19.3 Å². The SMILES string of the molecule is COCCC(C)CCC(C)C. The molecule has 0 spiro atoms. The fourth-order valence-corrected chi connectivity index (χ4v) is 1.08. The molecule has 0 N–H and O–H groups in total. The Hall–Kier alpha value is -0.0400. The van der Waals surface area contributed by atoms with Crippen LogP contribution in [0.3, 0.4) is 0 Å². The number of methoxy groups -OCH3 is 1. The third-order valence-corrected chi connectivity index (χ3v) is 2.05. The molecule has 0 aliphatic heterocycles. The highest BCUT2D eigenvalue weighted by Gasteiger charge is 2.02. The van der Waals surface area contributed by atoms with Gasteiger partial charge in [-0.15, -0.1) is 0 Å². The molecule has 0 fully saturated rings. The molecule has 0 aliphatic rings. The molecule has 0 aliphatic carbocycles. The van der Waals surface area contributed by atoms with Gasteiger partial charge in [0.05, 0.1) is 0 Å². The minimum absolute atomic E-state index is 0.831. The van der Waals surface area contributed by atoms with Crippen molar-refractivity contribution < 1.29 is 4.74 Å². The second-order valence-corrected chi connectivity index (χ2v) is 3.86. The fourth-order valence-electron chi connectivity index (χ4n) is 1.08. The van der Waals surface area contributed by atoms with Gasteiger partial charge in [0.1, 0.15) is 0 Å². The maximum Gasteiger partial charge on any atom is 0.0464 e. The van der Waals surface area contributed by atoms with E-state index in [2.05, 4.69) is 20.8 Å². The second kappa shape index (κ2) is 6.66. The summed E-state index contributed by atoms with van der Waals surface area (Å²) in [5, 5.41) is 0. The summed E-state index contributed by atoms with van der Waals surface area (Å²) in [6, 6.07) is 0. The topological polar surface area (TPSA) is 9.23 Å². The van der Waals surface area contributed by atoms with E-state index >= 15 is 0 Å². The van der Waals surface area contributed by atoms with E-state index in [0.29, 0.717) is 0 Å². The first-order valence-corrected chi connectivity index (χ1v) is 4.65. The van der Waals surface area contributed by atoms with Crippen molar-refractivity contribution >= 4 is 0 Å². The lowest BCUT2D eigenvalue weighted by molar-refractivity contribution is 0.177. The van der Waals surface area contributed by atoms with Crippen molar-refractivity contribution in [2.24, 2.45) is 11.8 Å². The molecule has 0 saturated heterocycles. The summed E-state index contributed by atoms with van der Waals surface area (Å²) in [6.45, 7) is 7.78. The Bertz CT molecular complexity index is 78.9. The van der Waals surface area contributed by atoms with Gasteiger partial charge < -0.3 is 4.74 Å². The predicted octanol–water partition coefficient (Wildman–Crippen LogP) is 3.10. The van der Waals surface area contributed by atoms with Gasteiger partial charge >= 0.3 is 0 Å². The summed E-state index contributed by atoms with van der Waals surface area (Å²) in [4.78, 5) is 0. The minimum atomic E-state index is 0.831. The highest BCUT2D eigenvalue weighted by Crippen LogP contribution is 2.14. The van der Waals surface area contributed by atoms with E-state index in [0.717, 1.165) is 18.4 Å². The molecule has 1 atom stereocenters. The Kier molecular flexibility index (Phi) is 6.63. The Morgan fingerprint density at radius 2 is 1.64 bits per heavy atom. The molecular formula is C10H22O. The molecule has 0 bridgehead atoms. The standard InChI is InChI=1S/C10H22O/c1-9(2)5-6-10(3)7-8-11-4/h9-10H,5-8H2,1-4H3. The zero-order chi connectivity index (χ0) is 8.69. The van der Waals surface area contributed by atoms with Gasteiger partial charge in [-0.05, 0) is 18.3 Å². The molecule has 1 heteroatoms. The first kappa shape index (κ1) is 11.0. The molecule has 11 heavy (non-hydrogen) atoms. The predicted molar refractivity (Wildman–Crippen MR) is 49.7 cm³/mol. The van der Waals surface area contributed by atoms with Crippen LogP contribution in [0.15, 0.2) is 0 Å². The number of hydrogen-bond acceptors (Lipinski definition) is 1. The quantitative estimate of drug-likeness (QED) is 0.577. The van der Waals surface area contributed by atoms with Crippen LogP contribution < -0.4 is 0 Å². The maximum atomic E-state index is 5.02. The summed E-state index contributed by atoms with van der Waals surface area (Å²) in [5.41, 5.74) is 0. The molecule has 0 aromatic rings. The van der Waals surface area contributed by atoms with E-state index in [1.54, 1.807) is 7.11 Å². The van der Waals surface area contributed by atoms with Crippen LogP contribution in [0.5, 0.6) is 0 Å². The van der Waals surface area contributed by atoms with Crippen LogP contribution in [0.25, 0.3) is 0 Å². The third kappa shape index (κ3) is 7.86. The Labute approximate surface area is 71.1 Å². The van der Waals surface area contributed by atoms with Crippen molar-refractivity contribution in [2.75, 3.05) is 13.7 Å². The summed E-state index contributed by atoms with van der Waals surface area (Å²) in [7, 11) is 1.77. The van der Waals surface area contributed by atoms with E-state index in [1.807, 2.05) is 0 Å². The summed E-state index contributed by atoms with van der Waals surface area (Å²) in [6.07, 6.45) is 3.91. The van der Waals surface area contributed by atoms with Gasteiger partial charge in [-0.3, -0.25) is 0 Å². The van der Waals surface area contributed by atoms with Crippen molar-refractivity contribution in [1.29, 1.82) is 0 Å². The molecule has 0 amide bonds. The zero-order valence-corrected chi connectivity index (χ0v) is 8.39. The van der Waals surface area contributed by atoms with Crippen LogP contribution in [0.1, 0.15) is 40.0 Å². The van der Waals surface area contributed by atoms with Crippen LogP contribution in [0.4, 0.5) is 0 Å². The molecule has 0 aromatic carbocycles. The molecule has 0 heterocycles. The zero-order valence-electron chi connectivity index (χ0n) is 8.39. The average molecular weight is 158 g/mol. The van der Waals surface area contributed by atoms with Crippen LogP contribution in [-0.2, 0) is 4.74 Å². The van der Waals surface area contributed by atoms with Crippen molar-refractivity contribution in [2.45, 2.75) is 40.0 Å². The fraction of sp³-hybridized carbons (Fsp3) is 1.00. The Balaban J connectivity index is 3.15. The van der Waals surface area contributed by atoms with Crippen LogP contribution in [0.2, 0.25) is 0 Å². The van der Waals surface area contributed by atoms with E-state index < -0.39 is 0 Å².